The lowest BCUT2D eigenvalue weighted by Crippen LogP contribution is -2.06. The highest BCUT2D eigenvalue weighted by atomic mass is 35.5. The van der Waals surface area contributed by atoms with Crippen molar-refractivity contribution in [2.75, 3.05) is 0 Å². The number of aromatic nitrogens is 4. The highest BCUT2D eigenvalue weighted by Crippen LogP contribution is 2.39. The molecule has 132 valence electrons. The van der Waals surface area contributed by atoms with Crippen molar-refractivity contribution in [1.82, 2.24) is 19.9 Å². The van der Waals surface area contributed by atoms with Crippen molar-refractivity contribution in [3.63, 3.8) is 0 Å². The molecule has 8 heteroatoms. The second kappa shape index (κ2) is 7.09. The fraction of sp³-hybridized carbons (Fsp3) is 0.278. The van der Waals surface area contributed by atoms with Crippen molar-refractivity contribution in [2.24, 2.45) is 11.1 Å². The number of rotatable bonds is 5. The van der Waals surface area contributed by atoms with Crippen LogP contribution in [0.4, 0.5) is 0 Å². The largest absolute Gasteiger partial charge is 0.346 e. The van der Waals surface area contributed by atoms with E-state index in [2.05, 4.69) is 25.1 Å². The van der Waals surface area contributed by atoms with Crippen LogP contribution in [0, 0.1) is 19.8 Å². The molecule has 1 aliphatic carbocycles. The van der Waals surface area contributed by atoms with Crippen molar-refractivity contribution in [3.8, 4) is 16.6 Å². The van der Waals surface area contributed by atoms with E-state index in [1.165, 1.54) is 11.3 Å². The number of hydrogen-bond acceptors (Lipinski definition) is 7. The molecule has 6 nitrogen and oxygen atoms in total. The normalized spacial score (nSPS) is 14.5. The van der Waals surface area contributed by atoms with Gasteiger partial charge in [-0.1, -0.05) is 16.8 Å². The van der Waals surface area contributed by atoms with Gasteiger partial charge in [0.2, 0.25) is 0 Å². The molecule has 3 aromatic heterocycles. The van der Waals surface area contributed by atoms with Gasteiger partial charge in [0, 0.05) is 35.3 Å². The molecule has 1 saturated carbocycles. The zero-order valence-electron chi connectivity index (χ0n) is 14.3. The third-order valence-electron chi connectivity index (χ3n) is 3.88. The van der Waals surface area contributed by atoms with E-state index in [4.69, 9.17) is 16.4 Å². The van der Waals surface area contributed by atoms with Crippen molar-refractivity contribution < 1.29 is 4.84 Å². The molecule has 4 rings (SSSR count). The molecule has 3 heterocycles. The Hall–Kier alpha value is -2.38. The Morgan fingerprint density at radius 1 is 1.23 bits per heavy atom. The number of oxime groups is 1. The predicted octanol–water partition coefficient (Wildman–Crippen LogP) is 4.46. The Kier molecular flexibility index (Phi) is 4.65. The van der Waals surface area contributed by atoms with E-state index in [-0.39, 0.29) is 6.01 Å². The Morgan fingerprint density at radius 3 is 2.65 bits per heavy atom. The maximum Gasteiger partial charge on any atom is 0.346 e. The minimum absolute atomic E-state index is 0.244. The van der Waals surface area contributed by atoms with Crippen LogP contribution in [0.5, 0.6) is 6.01 Å². The molecule has 0 N–H and O–H groups in total. The highest BCUT2D eigenvalue weighted by molar-refractivity contribution is 7.17. The molecule has 0 unspecified atom stereocenters. The number of thiazole rings is 1. The van der Waals surface area contributed by atoms with Crippen LogP contribution in [0.25, 0.3) is 10.6 Å². The lowest BCUT2D eigenvalue weighted by Gasteiger charge is -2.03. The molecular formula is C18H16ClN5OS. The summed E-state index contributed by atoms with van der Waals surface area (Å²) < 4.78 is 0. The molecule has 1 fully saturated rings. The summed E-state index contributed by atoms with van der Waals surface area (Å²) in [6, 6.07) is 5.97. The molecule has 3 aromatic rings. The standard InChI is InChI=1S/C18H16ClN5OS/c1-10-8-11(2)22-18(21-10)25-24-14(12-5-6-12)15-16(19)23-17(26-15)13-4-3-7-20-9-13/h3-4,7-9,12H,5-6H2,1-2H3/b24-14+. The van der Waals surface area contributed by atoms with Gasteiger partial charge in [-0.25, -0.2) is 4.98 Å². The Labute approximate surface area is 160 Å². The molecule has 0 bridgehead atoms. The van der Waals surface area contributed by atoms with Crippen molar-refractivity contribution in [2.45, 2.75) is 26.7 Å². The number of nitrogens with zero attached hydrogens (tertiary/aromatic N) is 5. The maximum absolute atomic E-state index is 6.40. The van der Waals surface area contributed by atoms with Gasteiger partial charge in [-0.3, -0.25) is 4.98 Å². The summed E-state index contributed by atoms with van der Waals surface area (Å²) in [5, 5.41) is 5.59. The molecule has 0 saturated heterocycles. The lowest BCUT2D eigenvalue weighted by molar-refractivity contribution is 0.310. The smallest absolute Gasteiger partial charge is 0.315 e. The summed E-state index contributed by atoms with van der Waals surface area (Å²) in [5.74, 6) is 0.334. The molecule has 0 amide bonds. The van der Waals surface area contributed by atoms with Crippen molar-refractivity contribution in [1.29, 1.82) is 0 Å². The minimum Gasteiger partial charge on any atom is -0.315 e. The minimum atomic E-state index is 0.244. The fourth-order valence-electron chi connectivity index (χ4n) is 2.55. The van der Waals surface area contributed by atoms with Crippen LogP contribution in [-0.2, 0) is 0 Å². The summed E-state index contributed by atoms with van der Waals surface area (Å²) in [6.45, 7) is 3.79. The zero-order chi connectivity index (χ0) is 18.1. The number of hydrogen-bond donors (Lipinski definition) is 0. The number of aryl methyl sites for hydroxylation is 2. The average Bonchev–Trinajstić information content (AvgIpc) is 3.38. The monoisotopic (exact) mass is 385 g/mol. The maximum atomic E-state index is 6.40. The van der Waals surface area contributed by atoms with E-state index in [9.17, 15) is 0 Å². The van der Waals surface area contributed by atoms with Crippen LogP contribution in [0.1, 0.15) is 29.1 Å². The van der Waals surface area contributed by atoms with E-state index in [0.717, 1.165) is 45.4 Å². The molecular weight excluding hydrogens is 370 g/mol. The summed E-state index contributed by atoms with van der Waals surface area (Å²) in [6.07, 6.45) is 5.62. The third-order valence-corrected chi connectivity index (χ3v) is 5.39. The lowest BCUT2D eigenvalue weighted by atomic mass is 10.2. The molecule has 1 aliphatic rings. The quantitative estimate of drug-likeness (QED) is 0.479. The fourth-order valence-corrected chi connectivity index (χ4v) is 3.91. The summed E-state index contributed by atoms with van der Waals surface area (Å²) >= 11 is 7.90. The molecule has 0 aromatic carbocycles. The Morgan fingerprint density at radius 2 is 2.00 bits per heavy atom. The first-order chi connectivity index (χ1) is 12.6. The molecule has 0 spiro atoms. The number of halogens is 1. The average molecular weight is 386 g/mol. The Bertz CT molecular complexity index is 949. The molecule has 0 radical (unpaired) electrons. The van der Waals surface area contributed by atoms with Gasteiger partial charge >= 0.3 is 6.01 Å². The molecule has 26 heavy (non-hydrogen) atoms. The van der Waals surface area contributed by atoms with Crippen LogP contribution in [0.3, 0.4) is 0 Å². The summed E-state index contributed by atoms with van der Waals surface area (Å²) in [7, 11) is 0. The second-order valence-corrected chi connectivity index (χ2v) is 7.51. The van der Waals surface area contributed by atoms with Gasteiger partial charge in [0.1, 0.15) is 15.9 Å². The molecule has 0 aliphatic heterocycles. The first-order valence-electron chi connectivity index (χ1n) is 8.24. The predicted molar refractivity (Wildman–Crippen MR) is 102 cm³/mol. The van der Waals surface area contributed by atoms with Gasteiger partial charge < -0.3 is 4.84 Å². The van der Waals surface area contributed by atoms with Gasteiger partial charge in [0.15, 0.2) is 0 Å². The van der Waals surface area contributed by atoms with Crippen molar-refractivity contribution in [3.05, 3.63) is 52.0 Å². The highest BCUT2D eigenvalue weighted by Gasteiger charge is 2.33. The van der Waals surface area contributed by atoms with Gasteiger partial charge in [0.25, 0.3) is 0 Å². The van der Waals surface area contributed by atoms with Crippen LogP contribution in [-0.4, -0.2) is 25.6 Å². The molecule has 0 atom stereocenters. The van der Waals surface area contributed by atoms with Crippen LogP contribution in [0.15, 0.2) is 35.7 Å². The topological polar surface area (TPSA) is 73.2 Å². The SMILES string of the molecule is Cc1cc(C)nc(O/N=C(/c2sc(-c3cccnc3)nc2Cl)C2CC2)n1. The van der Waals surface area contributed by atoms with Crippen LogP contribution in [0.2, 0.25) is 5.15 Å². The van der Waals surface area contributed by atoms with Gasteiger partial charge in [0.05, 0.1) is 4.88 Å². The Balaban J connectivity index is 1.66. The van der Waals surface area contributed by atoms with Gasteiger partial charge in [-0.05, 0) is 44.9 Å². The third kappa shape index (κ3) is 3.73. The first kappa shape index (κ1) is 17.1. The second-order valence-electron chi connectivity index (χ2n) is 6.16. The summed E-state index contributed by atoms with van der Waals surface area (Å²) in [4.78, 5) is 23.5. The first-order valence-corrected chi connectivity index (χ1v) is 9.44. The van der Waals surface area contributed by atoms with Gasteiger partial charge in [-0.15, -0.1) is 11.3 Å². The van der Waals surface area contributed by atoms with E-state index in [0.29, 0.717) is 11.1 Å². The van der Waals surface area contributed by atoms with Crippen LogP contribution >= 0.6 is 22.9 Å². The van der Waals surface area contributed by atoms with E-state index < -0.39 is 0 Å². The van der Waals surface area contributed by atoms with E-state index in [1.54, 1.807) is 12.4 Å². The van der Waals surface area contributed by atoms with E-state index in [1.807, 2.05) is 32.0 Å². The zero-order valence-corrected chi connectivity index (χ0v) is 15.9. The number of pyridine rings is 1. The summed E-state index contributed by atoms with van der Waals surface area (Å²) in [5.41, 5.74) is 3.42. The van der Waals surface area contributed by atoms with Gasteiger partial charge in [-0.2, -0.15) is 9.97 Å². The van der Waals surface area contributed by atoms with Crippen LogP contribution < -0.4 is 4.84 Å². The van der Waals surface area contributed by atoms with Crippen molar-refractivity contribution >= 4 is 28.6 Å². The van der Waals surface area contributed by atoms with E-state index >= 15 is 0 Å².